The van der Waals surface area contributed by atoms with E-state index < -0.39 is 11.7 Å². The molecule has 0 radical (unpaired) electrons. The number of likely N-dealkylation sites (tertiary alicyclic amines) is 2. The molecule has 3 aliphatic heterocycles. The zero-order valence-electron chi connectivity index (χ0n) is 33.3. The average Bonchev–Trinajstić information content (AvgIpc) is 3.83. The van der Waals surface area contributed by atoms with Gasteiger partial charge < -0.3 is 25.2 Å². The summed E-state index contributed by atoms with van der Waals surface area (Å²) in [6.45, 7) is 12.4. The van der Waals surface area contributed by atoms with Crippen molar-refractivity contribution in [1.29, 1.82) is 0 Å². The molecule has 3 saturated heterocycles. The van der Waals surface area contributed by atoms with E-state index in [-0.39, 0.29) is 35.6 Å². The SMILES string of the molecule is COCCC(=O)N1CCCC(c2cc(Nc3cc(C)ccn3)nc(C(C)N3CCC(c4cc(Nc5cc(C(F)(F)F)ccn5)nc(N5CCC(C)C5C)n4)C3)n2)C1. The standard InChI is InChI=1S/C41H52F3N11O2/c1-25-8-13-45-34(19-25)49-36-21-32(29-7-6-15-54(24-29)38(56)12-18-57-5)47-39(51-36)28(4)53-16-11-30(23-53)33-22-37(50-35-20-31(9-14-46-35)41(42,43)44)52-40(48-33)55-17-10-26(2)27(55)3/h8-9,13-14,19-22,26-30H,6-7,10-12,15-18,23-24H2,1-5H3,(H,45,47,49,51)(H,46,48,50,52). The molecule has 0 spiro atoms. The van der Waals surface area contributed by atoms with Crippen molar-refractivity contribution >= 4 is 35.1 Å². The Kier molecular flexibility index (Phi) is 12.2. The monoisotopic (exact) mass is 787 g/mol. The summed E-state index contributed by atoms with van der Waals surface area (Å²) in [6.07, 6.45) is 2.36. The van der Waals surface area contributed by atoms with Crippen molar-refractivity contribution in [3.05, 3.63) is 77.1 Å². The van der Waals surface area contributed by atoms with Crippen LogP contribution in [0.4, 0.5) is 42.4 Å². The summed E-state index contributed by atoms with van der Waals surface area (Å²) in [5, 5.41) is 6.46. The van der Waals surface area contributed by atoms with Crippen molar-refractivity contribution in [3.63, 3.8) is 0 Å². The number of nitrogens with one attached hydrogen (secondary N) is 2. The topological polar surface area (TPSA) is 137 Å². The van der Waals surface area contributed by atoms with Crippen LogP contribution in [0.1, 0.15) is 99.1 Å². The highest BCUT2D eigenvalue weighted by Gasteiger charge is 2.35. The van der Waals surface area contributed by atoms with Crippen LogP contribution in [-0.2, 0) is 15.7 Å². The smallest absolute Gasteiger partial charge is 0.384 e. The van der Waals surface area contributed by atoms with Crippen molar-refractivity contribution in [2.24, 2.45) is 5.92 Å². The molecule has 0 saturated carbocycles. The van der Waals surface area contributed by atoms with Gasteiger partial charge in [-0.05, 0) is 88.7 Å². The number of alkyl halides is 3. The third-order valence-electron chi connectivity index (χ3n) is 11.7. The van der Waals surface area contributed by atoms with E-state index in [1.807, 2.05) is 36.1 Å². The summed E-state index contributed by atoms with van der Waals surface area (Å²) in [4.78, 5) is 48.2. The summed E-state index contributed by atoms with van der Waals surface area (Å²) in [7, 11) is 1.60. The van der Waals surface area contributed by atoms with Crippen LogP contribution in [0.5, 0.6) is 0 Å². The van der Waals surface area contributed by atoms with Gasteiger partial charge in [-0.1, -0.05) is 6.92 Å². The quantitative estimate of drug-likeness (QED) is 0.148. The molecular weight excluding hydrogens is 736 g/mol. The maximum absolute atomic E-state index is 13.6. The second kappa shape index (κ2) is 17.3. The molecule has 0 aliphatic carbocycles. The number of hydrogen-bond donors (Lipinski definition) is 2. The van der Waals surface area contributed by atoms with Crippen molar-refractivity contribution in [3.8, 4) is 0 Å². The number of pyridine rings is 2. The Balaban J connectivity index is 1.15. The Morgan fingerprint density at radius 2 is 1.56 bits per heavy atom. The summed E-state index contributed by atoms with van der Waals surface area (Å²) in [5.41, 5.74) is 1.99. The van der Waals surface area contributed by atoms with E-state index in [2.05, 4.69) is 51.2 Å². The molecule has 304 valence electrons. The van der Waals surface area contributed by atoms with Gasteiger partial charge in [-0.15, -0.1) is 0 Å². The number of carbonyl (C=O) groups excluding carboxylic acids is 1. The Morgan fingerprint density at radius 3 is 2.26 bits per heavy atom. The number of aromatic nitrogens is 6. The minimum Gasteiger partial charge on any atom is -0.384 e. The maximum Gasteiger partial charge on any atom is 0.416 e. The molecule has 0 bridgehead atoms. The number of methoxy groups -OCH3 is 1. The van der Waals surface area contributed by atoms with Gasteiger partial charge in [-0.3, -0.25) is 9.69 Å². The van der Waals surface area contributed by atoms with Crippen LogP contribution in [0.3, 0.4) is 0 Å². The zero-order valence-corrected chi connectivity index (χ0v) is 33.3. The summed E-state index contributed by atoms with van der Waals surface area (Å²) < 4.78 is 45.8. The molecule has 5 atom stereocenters. The Morgan fingerprint density at radius 1 is 0.860 bits per heavy atom. The molecule has 7 heterocycles. The van der Waals surface area contributed by atoms with E-state index in [9.17, 15) is 18.0 Å². The molecule has 0 aromatic carbocycles. The van der Waals surface area contributed by atoms with Gasteiger partial charge in [-0.25, -0.2) is 24.9 Å². The number of ether oxygens (including phenoxy) is 1. The lowest BCUT2D eigenvalue weighted by Crippen LogP contribution is -2.39. The fourth-order valence-corrected chi connectivity index (χ4v) is 8.06. The van der Waals surface area contributed by atoms with Crippen LogP contribution in [0.15, 0.2) is 48.8 Å². The average molecular weight is 788 g/mol. The lowest BCUT2D eigenvalue weighted by atomic mass is 9.94. The number of rotatable bonds is 12. The summed E-state index contributed by atoms with van der Waals surface area (Å²) in [5.74, 6) is 3.64. The summed E-state index contributed by atoms with van der Waals surface area (Å²) in [6, 6.07) is 9.74. The number of amides is 1. The number of anilines is 5. The normalized spacial score (nSPS) is 22.2. The highest BCUT2D eigenvalue weighted by Crippen LogP contribution is 2.37. The number of carbonyl (C=O) groups is 1. The highest BCUT2D eigenvalue weighted by molar-refractivity contribution is 5.76. The first kappa shape index (κ1) is 40.2. The first-order chi connectivity index (χ1) is 27.3. The van der Waals surface area contributed by atoms with Crippen molar-refractivity contribution in [1.82, 2.24) is 39.7 Å². The first-order valence-corrected chi connectivity index (χ1v) is 19.9. The summed E-state index contributed by atoms with van der Waals surface area (Å²) >= 11 is 0. The minimum atomic E-state index is -4.50. The molecule has 4 aromatic rings. The van der Waals surface area contributed by atoms with Crippen molar-refractivity contribution in [2.75, 3.05) is 62.0 Å². The molecule has 57 heavy (non-hydrogen) atoms. The van der Waals surface area contributed by atoms with Crippen molar-refractivity contribution < 1.29 is 22.7 Å². The molecule has 13 nitrogen and oxygen atoms in total. The van der Waals surface area contributed by atoms with E-state index in [1.54, 1.807) is 13.3 Å². The van der Waals surface area contributed by atoms with Crippen LogP contribution >= 0.6 is 0 Å². The van der Waals surface area contributed by atoms with Crippen molar-refractivity contribution in [2.45, 2.75) is 89.9 Å². The second-order valence-corrected chi connectivity index (χ2v) is 15.7. The Hall–Kier alpha value is -4.96. The van der Waals surface area contributed by atoms with Gasteiger partial charge in [-0.2, -0.15) is 18.2 Å². The number of aryl methyl sites for hydroxylation is 1. The molecule has 1 amide bonds. The predicted molar refractivity (Wildman–Crippen MR) is 212 cm³/mol. The lowest BCUT2D eigenvalue weighted by molar-refractivity contribution is -0.137. The van der Waals surface area contributed by atoms with E-state index in [0.29, 0.717) is 61.3 Å². The third kappa shape index (κ3) is 9.61. The fraction of sp³-hybridized carbons (Fsp3) is 0.537. The lowest BCUT2D eigenvalue weighted by Gasteiger charge is -2.33. The van der Waals surface area contributed by atoms with Gasteiger partial charge in [0, 0.05) is 75.7 Å². The van der Waals surface area contributed by atoms with Crippen LogP contribution < -0.4 is 15.5 Å². The van der Waals surface area contributed by atoms with E-state index in [1.165, 1.54) is 0 Å². The Bertz CT molecular complexity index is 2030. The van der Waals surface area contributed by atoms with Gasteiger partial charge in [0.05, 0.1) is 36.0 Å². The third-order valence-corrected chi connectivity index (χ3v) is 11.7. The van der Waals surface area contributed by atoms with Gasteiger partial charge in [0.15, 0.2) is 0 Å². The van der Waals surface area contributed by atoms with Crippen LogP contribution in [0, 0.1) is 12.8 Å². The largest absolute Gasteiger partial charge is 0.416 e. The molecule has 2 N–H and O–H groups in total. The molecule has 16 heteroatoms. The van der Waals surface area contributed by atoms with Gasteiger partial charge in [0.2, 0.25) is 11.9 Å². The van der Waals surface area contributed by atoms with E-state index >= 15 is 0 Å². The van der Waals surface area contributed by atoms with Crippen LogP contribution in [-0.4, -0.2) is 98.1 Å². The van der Waals surface area contributed by atoms with Gasteiger partial charge in [0.25, 0.3) is 0 Å². The molecule has 4 aromatic heterocycles. The molecular formula is C41H52F3N11O2. The van der Waals surface area contributed by atoms with Gasteiger partial charge >= 0.3 is 6.18 Å². The minimum absolute atomic E-state index is 0.0295. The van der Waals surface area contributed by atoms with Gasteiger partial charge in [0.1, 0.15) is 29.1 Å². The highest BCUT2D eigenvalue weighted by atomic mass is 19.4. The predicted octanol–water partition coefficient (Wildman–Crippen LogP) is 7.40. The molecule has 5 unspecified atom stereocenters. The first-order valence-electron chi connectivity index (χ1n) is 19.9. The number of nitrogens with zero attached hydrogens (tertiary/aromatic N) is 9. The van der Waals surface area contributed by atoms with E-state index in [4.69, 9.17) is 24.7 Å². The number of hydrogen-bond acceptors (Lipinski definition) is 12. The van der Waals surface area contributed by atoms with Crippen LogP contribution in [0.2, 0.25) is 0 Å². The fourth-order valence-electron chi connectivity index (χ4n) is 8.06. The number of halogens is 3. The Labute approximate surface area is 331 Å². The molecule has 3 aliphatic rings. The zero-order chi connectivity index (χ0) is 40.3. The molecule has 7 rings (SSSR count). The molecule has 3 fully saturated rings. The maximum atomic E-state index is 13.6. The number of piperidine rings is 1. The second-order valence-electron chi connectivity index (χ2n) is 15.7. The van der Waals surface area contributed by atoms with E-state index in [0.717, 1.165) is 80.6 Å². The van der Waals surface area contributed by atoms with Crippen LogP contribution in [0.25, 0.3) is 0 Å².